The van der Waals surface area contributed by atoms with E-state index in [4.69, 9.17) is 15.2 Å². The van der Waals surface area contributed by atoms with Crippen LogP contribution in [0.4, 0.5) is 32.0 Å². The van der Waals surface area contributed by atoms with Crippen LogP contribution in [0.2, 0.25) is 0 Å². The summed E-state index contributed by atoms with van der Waals surface area (Å²) < 4.78 is 93.7. The van der Waals surface area contributed by atoms with Gasteiger partial charge in [0.2, 0.25) is 5.82 Å². The summed E-state index contributed by atoms with van der Waals surface area (Å²) in [6, 6.07) is 2.80. The zero-order chi connectivity index (χ0) is 28.4. The molecule has 1 aromatic heterocycles. The monoisotopic (exact) mass is 547 g/mol. The van der Waals surface area contributed by atoms with E-state index in [1.807, 2.05) is 0 Å². The van der Waals surface area contributed by atoms with E-state index in [1.165, 1.54) is 0 Å². The SMILES string of the molecule is COc1cc(OC(F)(F)F)ccc1OC1=C(C(=O)Nc2cnc(C(N)=O)nc2)C(C)=C(C(F)(F)F)N(C)C1. The van der Waals surface area contributed by atoms with E-state index >= 15 is 0 Å². The summed E-state index contributed by atoms with van der Waals surface area (Å²) in [4.78, 5) is 32.4. The van der Waals surface area contributed by atoms with Gasteiger partial charge in [0, 0.05) is 13.1 Å². The summed E-state index contributed by atoms with van der Waals surface area (Å²) in [6.45, 7) is 0.511. The summed E-state index contributed by atoms with van der Waals surface area (Å²) in [5, 5.41) is 2.32. The number of primary amides is 1. The van der Waals surface area contributed by atoms with Gasteiger partial charge >= 0.3 is 12.5 Å². The van der Waals surface area contributed by atoms with Crippen molar-refractivity contribution in [1.82, 2.24) is 14.9 Å². The molecule has 1 aromatic carbocycles. The average Bonchev–Trinajstić information content (AvgIpc) is 2.78. The second-order valence-corrected chi connectivity index (χ2v) is 7.70. The van der Waals surface area contributed by atoms with Gasteiger partial charge in [-0.2, -0.15) is 13.2 Å². The Balaban J connectivity index is 2.05. The fraction of sp³-hybridized carbons (Fsp3) is 0.273. The predicted molar refractivity (Wildman–Crippen MR) is 118 cm³/mol. The first-order chi connectivity index (χ1) is 17.6. The summed E-state index contributed by atoms with van der Waals surface area (Å²) in [6.07, 6.45) is -7.78. The minimum absolute atomic E-state index is 0.0710. The Hall–Kier alpha value is -4.50. The van der Waals surface area contributed by atoms with E-state index in [9.17, 15) is 35.9 Å². The van der Waals surface area contributed by atoms with Gasteiger partial charge < -0.3 is 30.2 Å². The smallest absolute Gasteiger partial charge is 0.493 e. The number of benzene rings is 1. The Morgan fingerprint density at radius 2 is 1.71 bits per heavy atom. The Kier molecular flexibility index (Phi) is 7.74. The molecule has 2 heterocycles. The standard InChI is InChI=1S/C22H19F6N5O5/c1-10-16(20(35)32-11-7-30-19(18(29)34)31-8-11)15(9-33(2)17(10)21(23,24)25)37-13-5-4-12(6-14(13)36-3)38-22(26,27)28/h4-8H,9H2,1-3H3,(H2,29,34)(H,32,35). The van der Waals surface area contributed by atoms with Crippen molar-refractivity contribution in [3.63, 3.8) is 0 Å². The van der Waals surface area contributed by atoms with Crippen molar-refractivity contribution in [3.05, 3.63) is 59.0 Å². The highest BCUT2D eigenvalue weighted by molar-refractivity contribution is 6.07. The van der Waals surface area contributed by atoms with Crippen LogP contribution in [0.25, 0.3) is 0 Å². The van der Waals surface area contributed by atoms with Gasteiger partial charge in [-0.1, -0.05) is 0 Å². The minimum atomic E-state index is -4.98. The first-order valence-corrected chi connectivity index (χ1v) is 10.4. The van der Waals surface area contributed by atoms with E-state index in [1.54, 1.807) is 0 Å². The lowest BCUT2D eigenvalue weighted by atomic mass is 9.98. The first-order valence-electron chi connectivity index (χ1n) is 10.4. The maximum atomic E-state index is 13.8. The fourth-order valence-corrected chi connectivity index (χ4v) is 3.57. The van der Waals surface area contributed by atoms with Gasteiger partial charge in [-0.3, -0.25) is 9.59 Å². The average molecular weight is 547 g/mol. The number of nitrogens with two attached hydrogens (primary N) is 1. The van der Waals surface area contributed by atoms with Gasteiger partial charge in [0.15, 0.2) is 11.5 Å². The number of halogens is 6. The van der Waals surface area contributed by atoms with Crippen molar-refractivity contribution < 1.29 is 50.1 Å². The number of anilines is 1. The second kappa shape index (κ2) is 10.5. The summed E-state index contributed by atoms with van der Waals surface area (Å²) in [5.74, 6) is -3.69. The Labute approximate surface area is 210 Å². The highest BCUT2D eigenvalue weighted by Crippen LogP contribution is 2.40. The molecule has 38 heavy (non-hydrogen) atoms. The topological polar surface area (TPSA) is 129 Å². The molecule has 0 bridgehead atoms. The molecule has 0 radical (unpaired) electrons. The van der Waals surface area contributed by atoms with Gasteiger partial charge in [-0.05, 0) is 24.6 Å². The number of ether oxygens (including phenoxy) is 3. The highest BCUT2D eigenvalue weighted by atomic mass is 19.4. The Morgan fingerprint density at radius 1 is 1.08 bits per heavy atom. The quantitative estimate of drug-likeness (QED) is 0.504. The summed E-state index contributed by atoms with van der Waals surface area (Å²) >= 11 is 0. The van der Waals surface area contributed by atoms with Crippen LogP contribution < -0.4 is 25.3 Å². The van der Waals surface area contributed by atoms with Crippen molar-refractivity contribution in [3.8, 4) is 17.2 Å². The molecule has 0 spiro atoms. The van der Waals surface area contributed by atoms with Gasteiger partial charge in [0.1, 0.15) is 17.2 Å². The molecule has 0 saturated carbocycles. The number of aromatic nitrogens is 2. The number of nitrogens with one attached hydrogen (secondary N) is 1. The number of nitrogens with zero attached hydrogens (tertiary/aromatic N) is 3. The molecule has 1 aliphatic heterocycles. The lowest BCUT2D eigenvalue weighted by Gasteiger charge is -2.33. The molecule has 1 aliphatic rings. The van der Waals surface area contributed by atoms with Crippen molar-refractivity contribution in [1.29, 1.82) is 0 Å². The van der Waals surface area contributed by atoms with Crippen molar-refractivity contribution in [2.75, 3.05) is 26.0 Å². The number of likely N-dealkylation sites (N-methyl/N-ethyl adjacent to an activating group) is 1. The van der Waals surface area contributed by atoms with E-state index in [0.717, 1.165) is 56.6 Å². The van der Waals surface area contributed by atoms with E-state index in [2.05, 4.69) is 20.0 Å². The van der Waals surface area contributed by atoms with Crippen molar-refractivity contribution in [2.24, 2.45) is 5.73 Å². The van der Waals surface area contributed by atoms with Crippen LogP contribution in [0.5, 0.6) is 17.2 Å². The molecule has 2 amide bonds. The number of alkyl halides is 6. The van der Waals surface area contributed by atoms with E-state index in [0.29, 0.717) is 0 Å². The first kappa shape index (κ1) is 28.1. The number of carbonyl (C=O) groups is 2. The number of amides is 2. The molecule has 204 valence electrons. The van der Waals surface area contributed by atoms with Crippen LogP contribution >= 0.6 is 0 Å². The third-order valence-electron chi connectivity index (χ3n) is 5.00. The molecular formula is C22H19F6N5O5. The maximum absolute atomic E-state index is 13.8. The van der Waals surface area contributed by atoms with Gasteiger partial charge in [0.05, 0.1) is 37.3 Å². The zero-order valence-electron chi connectivity index (χ0n) is 19.8. The minimum Gasteiger partial charge on any atom is -0.493 e. The third kappa shape index (κ3) is 6.43. The summed E-state index contributed by atoms with van der Waals surface area (Å²) in [7, 11) is 2.25. The largest absolute Gasteiger partial charge is 0.573 e. The van der Waals surface area contributed by atoms with Gasteiger partial charge in [-0.15, -0.1) is 13.2 Å². The number of hydrogen-bond acceptors (Lipinski definition) is 8. The molecule has 0 saturated heterocycles. The predicted octanol–water partition coefficient (Wildman–Crippen LogP) is 3.54. The normalized spacial score (nSPS) is 14.4. The number of methoxy groups -OCH3 is 1. The lowest BCUT2D eigenvalue weighted by molar-refractivity contribution is -0.274. The molecule has 0 unspecified atom stereocenters. The molecule has 0 fully saturated rings. The van der Waals surface area contributed by atoms with Crippen LogP contribution in [0.3, 0.4) is 0 Å². The number of hydrogen-bond donors (Lipinski definition) is 2. The van der Waals surface area contributed by atoms with Gasteiger partial charge in [-0.25, -0.2) is 9.97 Å². The third-order valence-corrected chi connectivity index (χ3v) is 5.00. The molecule has 0 atom stereocenters. The number of allylic oxidation sites excluding steroid dienone is 1. The molecule has 3 rings (SSSR count). The Bertz CT molecular complexity index is 1310. The number of carbonyl (C=O) groups excluding carboxylic acids is 2. The van der Waals surface area contributed by atoms with Crippen molar-refractivity contribution >= 4 is 17.5 Å². The van der Waals surface area contributed by atoms with E-state index < -0.39 is 53.5 Å². The number of rotatable bonds is 7. The second-order valence-electron chi connectivity index (χ2n) is 7.70. The van der Waals surface area contributed by atoms with Crippen LogP contribution in [0.15, 0.2) is 53.2 Å². The molecular weight excluding hydrogens is 528 g/mol. The van der Waals surface area contributed by atoms with Crippen molar-refractivity contribution in [2.45, 2.75) is 19.5 Å². The Morgan fingerprint density at radius 3 is 2.24 bits per heavy atom. The molecule has 10 nitrogen and oxygen atoms in total. The summed E-state index contributed by atoms with van der Waals surface area (Å²) in [5.41, 5.74) is 2.87. The molecule has 0 aliphatic carbocycles. The molecule has 3 N–H and O–H groups in total. The van der Waals surface area contributed by atoms with Crippen LogP contribution in [-0.4, -0.2) is 59.9 Å². The lowest BCUT2D eigenvalue weighted by Crippen LogP contribution is -2.38. The van der Waals surface area contributed by atoms with Crippen LogP contribution in [0.1, 0.15) is 17.5 Å². The van der Waals surface area contributed by atoms with E-state index in [-0.39, 0.29) is 28.8 Å². The maximum Gasteiger partial charge on any atom is 0.573 e. The fourth-order valence-electron chi connectivity index (χ4n) is 3.57. The van der Waals surface area contributed by atoms with Crippen LogP contribution in [0, 0.1) is 0 Å². The van der Waals surface area contributed by atoms with Crippen LogP contribution in [-0.2, 0) is 4.79 Å². The molecule has 16 heteroatoms. The zero-order valence-corrected chi connectivity index (χ0v) is 19.8. The van der Waals surface area contributed by atoms with Gasteiger partial charge in [0.25, 0.3) is 11.8 Å². The molecule has 2 aromatic rings. The highest BCUT2D eigenvalue weighted by Gasteiger charge is 2.43.